The molecule has 2 heterocycles. The Bertz CT molecular complexity index is 350. The fourth-order valence-electron chi connectivity index (χ4n) is 1.98. The van der Waals surface area contributed by atoms with Crippen molar-refractivity contribution in [1.29, 1.82) is 0 Å². The Morgan fingerprint density at radius 2 is 2.56 bits per heavy atom. The molecule has 0 aromatic carbocycles. The van der Waals surface area contributed by atoms with Crippen LogP contribution in [0.2, 0.25) is 0 Å². The van der Waals surface area contributed by atoms with Gasteiger partial charge in [-0.25, -0.2) is 0 Å². The second-order valence-corrected chi connectivity index (χ2v) is 4.33. The standard InChI is InChI=1S/C11H17N3O2/c1-8(7-14-5-3-4-12-14)13-10-6-9(2)16-11(10)15/h3-5,8-10,13H,6-7H2,1-2H3/t8-,9-,10+/m1/s1. The maximum atomic E-state index is 11.4. The van der Waals surface area contributed by atoms with Gasteiger partial charge in [0.25, 0.3) is 0 Å². The number of ether oxygens (including phenoxy) is 1. The average molecular weight is 223 g/mol. The Morgan fingerprint density at radius 3 is 3.12 bits per heavy atom. The summed E-state index contributed by atoms with van der Waals surface area (Å²) in [6, 6.07) is 1.92. The first-order valence-electron chi connectivity index (χ1n) is 5.59. The summed E-state index contributed by atoms with van der Waals surface area (Å²) in [7, 11) is 0. The third-order valence-corrected chi connectivity index (χ3v) is 2.68. The topological polar surface area (TPSA) is 56.1 Å². The first-order chi connectivity index (χ1) is 7.65. The predicted octanol–water partition coefficient (Wildman–Crippen LogP) is 0.565. The van der Waals surface area contributed by atoms with Crippen molar-refractivity contribution >= 4 is 5.97 Å². The molecule has 1 N–H and O–H groups in total. The minimum absolute atomic E-state index is 0.0295. The van der Waals surface area contributed by atoms with Crippen LogP contribution >= 0.6 is 0 Å². The van der Waals surface area contributed by atoms with E-state index in [4.69, 9.17) is 4.74 Å². The van der Waals surface area contributed by atoms with Crippen molar-refractivity contribution in [2.75, 3.05) is 0 Å². The van der Waals surface area contributed by atoms with Gasteiger partial charge < -0.3 is 4.74 Å². The third-order valence-electron chi connectivity index (χ3n) is 2.68. The number of aromatic nitrogens is 2. The van der Waals surface area contributed by atoms with E-state index in [-0.39, 0.29) is 24.2 Å². The van der Waals surface area contributed by atoms with Crippen molar-refractivity contribution in [2.24, 2.45) is 0 Å². The normalized spacial score (nSPS) is 26.8. The van der Waals surface area contributed by atoms with Crippen LogP contribution in [-0.2, 0) is 16.1 Å². The van der Waals surface area contributed by atoms with Gasteiger partial charge in [0.2, 0.25) is 0 Å². The van der Waals surface area contributed by atoms with Gasteiger partial charge in [-0.1, -0.05) is 0 Å². The number of esters is 1. The summed E-state index contributed by atoms with van der Waals surface area (Å²) >= 11 is 0. The van der Waals surface area contributed by atoms with Crippen molar-refractivity contribution in [3.05, 3.63) is 18.5 Å². The molecule has 1 aliphatic heterocycles. The van der Waals surface area contributed by atoms with Gasteiger partial charge in [-0.3, -0.25) is 14.8 Å². The lowest BCUT2D eigenvalue weighted by Gasteiger charge is -2.16. The van der Waals surface area contributed by atoms with Crippen LogP contribution in [0.5, 0.6) is 0 Å². The van der Waals surface area contributed by atoms with Gasteiger partial charge in [-0.05, 0) is 19.9 Å². The van der Waals surface area contributed by atoms with Crippen molar-refractivity contribution in [3.8, 4) is 0 Å². The van der Waals surface area contributed by atoms with Crippen LogP contribution < -0.4 is 5.32 Å². The molecule has 5 nitrogen and oxygen atoms in total. The molecule has 16 heavy (non-hydrogen) atoms. The SMILES string of the molecule is C[C@H](Cn1cccn1)N[C@H]1C[C@@H](C)OC1=O. The molecule has 0 aliphatic carbocycles. The molecule has 3 atom stereocenters. The van der Waals surface area contributed by atoms with Crippen molar-refractivity contribution in [1.82, 2.24) is 15.1 Å². The fourth-order valence-corrected chi connectivity index (χ4v) is 1.98. The van der Waals surface area contributed by atoms with Gasteiger partial charge in [0, 0.05) is 24.9 Å². The van der Waals surface area contributed by atoms with E-state index in [2.05, 4.69) is 10.4 Å². The van der Waals surface area contributed by atoms with E-state index >= 15 is 0 Å². The van der Waals surface area contributed by atoms with Gasteiger partial charge in [0.15, 0.2) is 0 Å². The van der Waals surface area contributed by atoms with Crippen LogP contribution in [0.4, 0.5) is 0 Å². The molecule has 0 saturated carbocycles. The number of nitrogens with zero attached hydrogens (tertiary/aromatic N) is 2. The summed E-state index contributed by atoms with van der Waals surface area (Å²) in [4.78, 5) is 11.4. The molecule has 0 bridgehead atoms. The highest BCUT2D eigenvalue weighted by Gasteiger charge is 2.32. The molecule has 2 rings (SSSR count). The minimum atomic E-state index is -0.166. The molecule has 88 valence electrons. The molecule has 1 aliphatic rings. The van der Waals surface area contributed by atoms with E-state index in [0.717, 1.165) is 13.0 Å². The van der Waals surface area contributed by atoms with Gasteiger partial charge >= 0.3 is 5.97 Å². The molecular formula is C11H17N3O2. The zero-order valence-electron chi connectivity index (χ0n) is 9.59. The van der Waals surface area contributed by atoms with Crippen LogP contribution in [0.3, 0.4) is 0 Å². The molecular weight excluding hydrogens is 206 g/mol. The average Bonchev–Trinajstić information content (AvgIpc) is 2.78. The molecule has 0 amide bonds. The van der Waals surface area contributed by atoms with Crippen LogP contribution in [0.1, 0.15) is 20.3 Å². The molecule has 0 radical (unpaired) electrons. The number of rotatable bonds is 4. The molecule has 0 unspecified atom stereocenters. The van der Waals surface area contributed by atoms with E-state index in [1.807, 2.05) is 30.8 Å². The number of carbonyl (C=O) groups excluding carboxylic acids is 1. The summed E-state index contributed by atoms with van der Waals surface area (Å²) in [5.74, 6) is -0.139. The highest BCUT2D eigenvalue weighted by Crippen LogP contribution is 2.14. The second kappa shape index (κ2) is 4.65. The van der Waals surface area contributed by atoms with Gasteiger partial charge in [0.1, 0.15) is 12.1 Å². The van der Waals surface area contributed by atoms with E-state index in [9.17, 15) is 4.79 Å². The van der Waals surface area contributed by atoms with E-state index in [0.29, 0.717) is 0 Å². The zero-order chi connectivity index (χ0) is 11.5. The summed E-state index contributed by atoms with van der Waals surface area (Å²) in [5, 5.41) is 7.39. The number of carbonyl (C=O) groups is 1. The van der Waals surface area contributed by atoms with Crippen molar-refractivity contribution < 1.29 is 9.53 Å². The number of hydrogen-bond donors (Lipinski definition) is 1. The summed E-state index contributed by atoms with van der Waals surface area (Å²) in [6.07, 6.45) is 4.44. The van der Waals surface area contributed by atoms with Crippen LogP contribution in [-0.4, -0.2) is 33.9 Å². The van der Waals surface area contributed by atoms with Gasteiger partial charge in [0.05, 0.1) is 6.54 Å². The largest absolute Gasteiger partial charge is 0.461 e. The molecule has 1 fully saturated rings. The molecule has 1 aromatic heterocycles. The van der Waals surface area contributed by atoms with Crippen molar-refractivity contribution in [2.45, 2.75) is 45.0 Å². The van der Waals surface area contributed by atoms with E-state index in [1.165, 1.54) is 0 Å². The summed E-state index contributed by atoms with van der Waals surface area (Å²) in [6.45, 7) is 4.71. The lowest BCUT2D eigenvalue weighted by molar-refractivity contribution is -0.142. The molecule has 1 saturated heterocycles. The molecule has 5 heteroatoms. The monoisotopic (exact) mass is 223 g/mol. The third kappa shape index (κ3) is 2.61. The number of nitrogens with one attached hydrogen (secondary N) is 1. The Kier molecular flexibility index (Phi) is 3.24. The Hall–Kier alpha value is -1.36. The fraction of sp³-hybridized carbons (Fsp3) is 0.636. The first-order valence-corrected chi connectivity index (χ1v) is 5.59. The van der Waals surface area contributed by atoms with Gasteiger partial charge in [-0.15, -0.1) is 0 Å². The minimum Gasteiger partial charge on any atom is -0.461 e. The lowest BCUT2D eigenvalue weighted by atomic mass is 10.1. The Labute approximate surface area is 94.8 Å². The van der Waals surface area contributed by atoms with E-state index in [1.54, 1.807) is 6.20 Å². The summed E-state index contributed by atoms with van der Waals surface area (Å²) in [5.41, 5.74) is 0. The highest BCUT2D eigenvalue weighted by molar-refractivity contribution is 5.77. The maximum Gasteiger partial charge on any atom is 0.323 e. The van der Waals surface area contributed by atoms with Crippen LogP contribution in [0.25, 0.3) is 0 Å². The quantitative estimate of drug-likeness (QED) is 0.758. The molecule has 1 aromatic rings. The second-order valence-electron chi connectivity index (χ2n) is 4.33. The van der Waals surface area contributed by atoms with E-state index < -0.39 is 0 Å². The predicted molar refractivity (Wildman–Crippen MR) is 58.8 cm³/mol. The number of hydrogen-bond acceptors (Lipinski definition) is 4. The van der Waals surface area contributed by atoms with Gasteiger partial charge in [-0.2, -0.15) is 5.10 Å². The van der Waals surface area contributed by atoms with Crippen LogP contribution in [0, 0.1) is 0 Å². The van der Waals surface area contributed by atoms with Crippen LogP contribution in [0.15, 0.2) is 18.5 Å². The summed E-state index contributed by atoms with van der Waals surface area (Å²) < 4.78 is 6.93. The lowest BCUT2D eigenvalue weighted by Crippen LogP contribution is -2.41. The first kappa shape index (κ1) is 11.1. The van der Waals surface area contributed by atoms with Crippen molar-refractivity contribution in [3.63, 3.8) is 0 Å². The highest BCUT2D eigenvalue weighted by atomic mass is 16.6. The smallest absolute Gasteiger partial charge is 0.323 e. The Morgan fingerprint density at radius 1 is 1.75 bits per heavy atom. The Balaban J connectivity index is 1.83. The molecule has 0 spiro atoms. The zero-order valence-corrected chi connectivity index (χ0v) is 9.59. The number of cyclic esters (lactones) is 1. The maximum absolute atomic E-state index is 11.4.